The number of nitrogens with zero attached hydrogens (tertiary/aromatic N) is 4. The van der Waals surface area contributed by atoms with E-state index in [1.54, 1.807) is 22.7 Å². The molecule has 1 saturated heterocycles. The van der Waals surface area contributed by atoms with Gasteiger partial charge in [0.05, 0.1) is 21.4 Å². The first-order chi connectivity index (χ1) is 13.5. The zero-order valence-corrected chi connectivity index (χ0v) is 19.0. The van der Waals surface area contributed by atoms with E-state index >= 15 is 0 Å². The number of aliphatic imine (C=N–C) groups is 1. The molecular weight excluding hydrogens is 388 g/mol. The van der Waals surface area contributed by atoms with Gasteiger partial charge in [-0.2, -0.15) is 0 Å². The topological polar surface area (TPSA) is 65.4 Å². The molecule has 0 unspecified atom stereocenters. The summed E-state index contributed by atoms with van der Waals surface area (Å²) in [4.78, 5) is 17.4. The van der Waals surface area contributed by atoms with Gasteiger partial charge in [0, 0.05) is 43.4 Å². The normalized spacial score (nSPS) is 16.5. The summed E-state index contributed by atoms with van der Waals surface area (Å²) in [6.45, 7) is 11.4. The van der Waals surface area contributed by atoms with Crippen LogP contribution in [-0.2, 0) is 13.0 Å². The standard InChI is InChI=1S/C20H32N6S2/c1-14-15(2)28-19(24-14)5-8-22-20(21-4)23-11-17-6-9-26(10-7-17)12-18-13-27-16(3)25-18/h13,17H,5-12H2,1-4H3,(H2,21,22,23). The lowest BCUT2D eigenvalue weighted by molar-refractivity contribution is 0.176. The Morgan fingerprint density at radius 3 is 2.61 bits per heavy atom. The van der Waals surface area contributed by atoms with E-state index in [-0.39, 0.29) is 0 Å². The Hall–Kier alpha value is -1.51. The van der Waals surface area contributed by atoms with E-state index in [1.165, 1.54) is 28.4 Å². The van der Waals surface area contributed by atoms with Gasteiger partial charge in [-0.1, -0.05) is 0 Å². The number of nitrogens with one attached hydrogen (secondary N) is 2. The highest BCUT2D eigenvalue weighted by Gasteiger charge is 2.20. The molecule has 6 nitrogen and oxygen atoms in total. The molecule has 2 aromatic heterocycles. The van der Waals surface area contributed by atoms with Crippen LogP contribution < -0.4 is 10.6 Å². The van der Waals surface area contributed by atoms with Crippen molar-refractivity contribution in [1.82, 2.24) is 25.5 Å². The number of aromatic nitrogens is 2. The number of aryl methyl sites for hydroxylation is 3. The highest BCUT2D eigenvalue weighted by atomic mass is 32.1. The molecule has 0 radical (unpaired) electrons. The summed E-state index contributed by atoms with van der Waals surface area (Å²) in [7, 11) is 1.84. The van der Waals surface area contributed by atoms with Crippen molar-refractivity contribution in [2.75, 3.05) is 33.2 Å². The molecule has 0 atom stereocenters. The first kappa shape index (κ1) is 21.2. The molecule has 1 aliphatic rings. The fourth-order valence-electron chi connectivity index (χ4n) is 3.45. The molecule has 0 saturated carbocycles. The number of thiazole rings is 2. The lowest BCUT2D eigenvalue weighted by atomic mass is 9.97. The minimum atomic E-state index is 0.705. The molecule has 0 aliphatic carbocycles. The van der Waals surface area contributed by atoms with Crippen LogP contribution in [0.15, 0.2) is 10.4 Å². The second-order valence-corrected chi connectivity index (χ2v) is 9.81. The maximum Gasteiger partial charge on any atom is 0.190 e. The summed E-state index contributed by atoms with van der Waals surface area (Å²) >= 11 is 3.53. The summed E-state index contributed by atoms with van der Waals surface area (Å²) in [5.41, 5.74) is 2.37. The monoisotopic (exact) mass is 420 g/mol. The fourth-order valence-corrected chi connectivity index (χ4v) is 4.99. The summed E-state index contributed by atoms with van der Waals surface area (Å²) in [5, 5.41) is 11.5. The van der Waals surface area contributed by atoms with E-state index in [0.717, 1.165) is 55.8 Å². The Labute approximate surface area is 176 Å². The Balaban J connectivity index is 1.33. The first-order valence-corrected chi connectivity index (χ1v) is 11.7. The third-order valence-corrected chi connectivity index (χ3v) is 7.20. The van der Waals surface area contributed by atoms with Crippen LogP contribution in [0.2, 0.25) is 0 Å². The van der Waals surface area contributed by atoms with Crippen molar-refractivity contribution in [3.63, 3.8) is 0 Å². The van der Waals surface area contributed by atoms with Crippen molar-refractivity contribution < 1.29 is 0 Å². The van der Waals surface area contributed by atoms with Gasteiger partial charge >= 0.3 is 0 Å². The molecule has 0 aromatic carbocycles. The molecule has 28 heavy (non-hydrogen) atoms. The van der Waals surface area contributed by atoms with Gasteiger partial charge in [0.15, 0.2) is 5.96 Å². The molecule has 3 rings (SSSR count). The summed E-state index contributed by atoms with van der Waals surface area (Å²) in [6, 6.07) is 0. The van der Waals surface area contributed by atoms with Crippen LogP contribution in [0.25, 0.3) is 0 Å². The summed E-state index contributed by atoms with van der Waals surface area (Å²) in [6.07, 6.45) is 3.39. The number of guanidine groups is 1. The van der Waals surface area contributed by atoms with E-state index in [2.05, 4.69) is 56.6 Å². The van der Waals surface area contributed by atoms with Crippen molar-refractivity contribution in [3.05, 3.63) is 31.7 Å². The van der Waals surface area contributed by atoms with Crippen molar-refractivity contribution in [1.29, 1.82) is 0 Å². The molecule has 0 amide bonds. The van der Waals surface area contributed by atoms with E-state index in [9.17, 15) is 0 Å². The molecule has 3 heterocycles. The predicted octanol–water partition coefficient (Wildman–Crippen LogP) is 3.14. The minimum absolute atomic E-state index is 0.705. The van der Waals surface area contributed by atoms with Crippen LogP contribution in [0, 0.1) is 26.7 Å². The maximum atomic E-state index is 4.60. The zero-order valence-electron chi connectivity index (χ0n) is 17.4. The highest BCUT2D eigenvalue weighted by Crippen LogP contribution is 2.19. The van der Waals surface area contributed by atoms with Gasteiger partial charge in [-0.3, -0.25) is 9.89 Å². The van der Waals surface area contributed by atoms with Crippen LogP contribution in [0.3, 0.4) is 0 Å². The first-order valence-electron chi connectivity index (χ1n) is 10.0. The van der Waals surface area contributed by atoms with Crippen LogP contribution in [0.1, 0.15) is 39.1 Å². The molecule has 2 N–H and O–H groups in total. The van der Waals surface area contributed by atoms with Crippen LogP contribution in [0.4, 0.5) is 0 Å². The predicted molar refractivity (Wildman–Crippen MR) is 120 cm³/mol. The molecule has 1 aliphatic heterocycles. The third-order valence-electron chi connectivity index (χ3n) is 5.25. The molecular formula is C20H32N6S2. The molecule has 1 fully saturated rings. The van der Waals surface area contributed by atoms with Crippen molar-refractivity contribution in [2.45, 2.75) is 46.6 Å². The average molecular weight is 421 g/mol. The number of likely N-dealkylation sites (tertiary alicyclic amines) is 1. The van der Waals surface area contributed by atoms with Gasteiger partial charge in [0.2, 0.25) is 0 Å². The maximum absolute atomic E-state index is 4.60. The van der Waals surface area contributed by atoms with Gasteiger partial charge < -0.3 is 10.6 Å². The van der Waals surface area contributed by atoms with E-state index in [0.29, 0.717) is 5.92 Å². The molecule has 154 valence electrons. The quantitative estimate of drug-likeness (QED) is 0.532. The Morgan fingerprint density at radius 2 is 2.00 bits per heavy atom. The Morgan fingerprint density at radius 1 is 1.21 bits per heavy atom. The van der Waals surface area contributed by atoms with E-state index < -0.39 is 0 Å². The Kier molecular flexibility index (Phi) is 7.82. The zero-order chi connectivity index (χ0) is 19.9. The van der Waals surface area contributed by atoms with Crippen molar-refractivity contribution in [3.8, 4) is 0 Å². The Bertz CT molecular complexity index is 754. The van der Waals surface area contributed by atoms with Gasteiger partial charge in [0.25, 0.3) is 0 Å². The number of piperidine rings is 1. The van der Waals surface area contributed by atoms with E-state index in [1.807, 2.05) is 7.05 Å². The largest absolute Gasteiger partial charge is 0.356 e. The summed E-state index contributed by atoms with van der Waals surface area (Å²) < 4.78 is 0. The molecule has 2 aromatic rings. The fraction of sp³-hybridized carbons (Fsp3) is 0.650. The van der Waals surface area contributed by atoms with Crippen molar-refractivity contribution in [2.24, 2.45) is 10.9 Å². The summed E-state index contributed by atoms with van der Waals surface area (Å²) in [5.74, 6) is 1.60. The van der Waals surface area contributed by atoms with E-state index in [4.69, 9.17) is 0 Å². The van der Waals surface area contributed by atoms with Crippen molar-refractivity contribution >= 4 is 28.6 Å². The van der Waals surface area contributed by atoms with Gasteiger partial charge in [-0.05, 0) is 52.6 Å². The van der Waals surface area contributed by atoms with Gasteiger partial charge in [-0.15, -0.1) is 22.7 Å². The number of rotatable bonds is 7. The number of hydrogen-bond donors (Lipinski definition) is 2. The smallest absolute Gasteiger partial charge is 0.190 e. The van der Waals surface area contributed by atoms with Crippen LogP contribution in [0.5, 0.6) is 0 Å². The lowest BCUT2D eigenvalue weighted by Crippen LogP contribution is -2.43. The second kappa shape index (κ2) is 10.3. The third kappa shape index (κ3) is 6.25. The lowest BCUT2D eigenvalue weighted by Gasteiger charge is -2.31. The van der Waals surface area contributed by atoms with Crippen LogP contribution in [-0.4, -0.2) is 54.1 Å². The second-order valence-electron chi connectivity index (χ2n) is 7.46. The van der Waals surface area contributed by atoms with Crippen LogP contribution >= 0.6 is 22.7 Å². The minimum Gasteiger partial charge on any atom is -0.356 e. The average Bonchev–Trinajstić information content (AvgIpc) is 3.23. The molecule has 0 bridgehead atoms. The molecule has 0 spiro atoms. The highest BCUT2D eigenvalue weighted by molar-refractivity contribution is 7.11. The SMILES string of the molecule is CN=C(NCCc1nc(C)c(C)s1)NCC1CCN(Cc2csc(C)n2)CC1. The van der Waals surface area contributed by atoms with Gasteiger partial charge in [0.1, 0.15) is 0 Å². The molecule has 8 heteroatoms. The van der Waals surface area contributed by atoms with Gasteiger partial charge in [-0.25, -0.2) is 9.97 Å². The number of hydrogen-bond acceptors (Lipinski definition) is 6.